The molecule has 0 saturated carbocycles. The van der Waals surface area contributed by atoms with Crippen LogP contribution < -0.4 is 9.47 Å². The van der Waals surface area contributed by atoms with Crippen LogP contribution in [-0.2, 0) is 24.0 Å². The van der Waals surface area contributed by atoms with Gasteiger partial charge in [-0.3, -0.25) is 0 Å². The average molecular weight is 503 g/mol. The lowest BCUT2D eigenvalue weighted by atomic mass is 9.99. The number of methoxy groups -OCH3 is 2. The van der Waals surface area contributed by atoms with Crippen molar-refractivity contribution in [3.8, 4) is 11.5 Å². The van der Waals surface area contributed by atoms with Crippen LogP contribution in [0.2, 0.25) is 0 Å². The van der Waals surface area contributed by atoms with Gasteiger partial charge < -0.3 is 29.4 Å². The van der Waals surface area contributed by atoms with Crippen LogP contribution in [-0.4, -0.2) is 52.6 Å². The highest BCUT2D eigenvalue weighted by Crippen LogP contribution is 2.35. The number of ether oxygens (including phenoxy) is 3. The summed E-state index contributed by atoms with van der Waals surface area (Å²) in [6, 6.07) is 16.7. The zero-order valence-electron chi connectivity index (χ0n) is 21.0. The number of carboxylic acids is 1. The summed E-state index contributed by atoms with van der Waals surface area (Å²) < 4.78 is 17.6. The third-order valence-electron chi connectivity index (χ3n) is 7.02. The number of aliphatic hydroxyl groups excluding tert-OH is 1. The molecule has 0 bridgehead atoms. The fraction of sp³-hybridized carbons (Fsp3) is 0.310. The first-order valence-corrected chi connectivity index (χ1v) is 12.2. The molecule has 8 heteroatoms. The second kappa shape index (κ2) is 10.2. The van der Waals surface area contributed by atoms with E-state index in [0.717, 1.165) is 23.9 Å². The number of carboxylic acid groups (broad SMARTS) is 1. The topological polar surface area (TPSA) is 114 Å². The fourth-order valence-electron chi connectivity index (χ4n) is 5.07. The summed E-state index contributed by atoms with van der Waals surface area (Å²) >= 11 is 0. The van der Waals surface area contributed by atoms with Gasteiger partial charge in [0.15, 0.2) is 0 Å². The quantitative estimate of drug-likeness (QED) is 0.311. The minimum absolute atomic E-state index is 0.0886. The summed E-state index contributed by atoms with van der Waals surface area (Å²) in [6.45, 7) is 1.90. The predicted molar refractivity (Wildman–Crippen MR) is 139 cm³/mol. The van der Waals surface area contributed by atoms with Crippen molar-refractivity contribution in [2.45, 2.75) is 44.5 Å². The molecule has 0 spiro atoms. The van der Waals surface area contributed by atoms with Gasteiger partial charge in [0.2, 0.25) is 0 Å². The number of hydrogen-bond acceptors (Lipinski definition) is 6. The van der Waals surface area contributed by atoms with Gasteiger partial charge >= 0.3 is 5.97 Å². The van der Waals surface area contributed by atoms with Crippen LogP contribution >= 0.6 is 0 Å². The number of benzene rings is 3. The molecule has 5 rings (SSSR count). The first-order valence-electron chi connectivity index (χ1n) is 12.2. The zero-order chi connectivity index (χ0) is 26.1. The third kappa shape index (κ3) is 5.03. The van der Waals surface area contributed by atoms with E-state index in [4.69, 9.17) is 14.2 Å². The number of H-pyrrole nitrogens is 1. The molecule has 1 aliphatic carbocycles. The highest BCUT2D eigenvalue weighted by molar-refractivity contribution is 5.92. The van der Waals surface area contributed by atoms with Crippen molar-refractivity contribution < 1.29 is 29.2 Å². The second-order valence-electron chi connectivity index (χ2n) is 9.39. The van der Waals surface area contributed by atoms with E-state index < -0.39 is 18.2 Å². The largest absolute Gasteiger partial charge is 0.496 e. The maximum atomic E-state index is 11.6. The van der Waals surface area contributed by atoms with E-state index in [0.29, 0.717) is 34.8 Å². The van der Waals surface area contributed by atoms with E-state index in [9.17, 15) is 15.0 Å². The molecule has 1 aliphatic rings. The van der Waals surface area contributed by atoms with Gasteiger partial charge in [-0.25, -0.2) is 9.78 Å². The molecule has 0 radical (unpaired) electrons. The van der Waals surface area contributed by atoms with Crippen LogP contribution in [0.25, 0.3) is 11.0 Å². The van der Waals surface area contributed by atoms with E-state index in [2.05, 4.69) is 22.1 Å². The predicted octanol–water partition coefficient (Wildman–Crippen LogP) is 4.42. The molecule has 1 unspecified atom stereocenters. The Bertz CT molecular complexity index is 1400. The molecule has 1 aromatic heterocycles. The van der Waals surface area contributed by atoms with Crippen molar-refractivity contribution in [3.63, 3.8) is 0 Å². The van der Waals surface area contributed by atoms with Crippen LogP contribution in [0.4, 0.5) is 0 Å². The van der Waals surface area contributed by atoms with Crippen LogP contribution in [0.5, 0.6) is 11.5 Å². The Morgan fingerprint density at radius 2 is 1.70 bits per heavy atom. The number of rotatable bonds is 9. The van der Waals surface area contributed by atoms with Gasteiger partial charge in [0.1, 0.15) is 23.4 Å². The number of aromatic nitrogens is 2. The van der Waals surface area contributed by atoms with E-state index in [1.165, 1.54) is 23.3 Å². The fourth-order valence-corrected chi connectivity index (χ4v) is 5.07. The molecule has 37 heavy (non-hydrogen) atoms. The maximum absolute atomic E-state index is 11.6. The van der Waals surface area contributed by atoms with Crippen LogP contribution in [0.15, 0.2) is 54.6 Å². The van der Waals surface area contributed by atoms with Crippen molar-refractivity contribution in [3.05, 3.63) is 88.2 Å². The number of aliphatic hydroxyl groups is 1. The molecule has 3 N–H and O–H groups in total. The van der Waals surface area contributed by atoms with Crippen LogP contribution in [0.3, 0.4) is 0 Å². The maximum Gasteiger partial charge on any atom is 0.335 e. The van der Waals surface area contributed by atoms with Gasteiger partial charge in [-0.05, 0) is 66.8 Å². The summed E-state index contributed by atoms with van der Waals surface area (Å²) in [6.07, 6.45) is 0.119. The molecule has 192 valence electrons. The molecule has 4 aromatic rings. The van der Waals surface area contributed by atoms with Gasteiger partial charge in [0, 0.05) is 12.0 Å². The lowest BCUT2D eigenvalue weighted by Crippen LogP contribution is -2.31. The van der Waals surface area contributed by atoms with E-state index in [-0.39, 0.29) is 11.7 Å². The Balaban J connectivity index is 1.47. The van der Waals surface area contributed by atoms with Gasteiger partial charge in [-0.2, -0.15) is 0 Å². The number of hydrogen-bond donors (Lipinski definition) is 3. The molecule has 2 atom stereocenters. The minimum Gasteiger partial charge on any atom is -0.496 e. The Morgan fingerprint density at radius 1 is 1.05 bits per heavy atom. The van der Waals surface area contributed by atoms with Crippen molar-refractivity contribution in [1.29, 1.82) is 0 Å². The normalized spacial score (nSPS) is 14.9. The number of aromatic carboxylic acids is 1. The first kappa shape index (κ1) is 24.8. The molecule has 3 aromatic carbocycles. The minimum atomic E-state index is -1.01. The van der Waals surface area contributed by atoms with E-state index in [1.54, 1.807) is 32.4 Å². The smallest absolute Gasteiger partial charge is 0.335 e. The van der Waals surface area contributed by atoms with Crippen molar-refractivity contribution in [2.75, 3.05) is 14.2 Å². The highest BCUT2D eigenvalue weighted by atomic mass is 16.5. The van der Waals surface area contributed by atoms with Crippen LogP contribution in [0.1, 0.15) is 44.5 Å². The summed E-state index contributed by atoms with van der Waals surface area (Å²) in [7, 11) is 3.17. The monoisotopic (exact) mass is 502 g/mol. The molecule has 0 amide bonds. The number of nitrogens with one attached hydrogen (secondary N) is 1. The van der Waals surface area contributed by atoms with Crippen LogP contribution in [0, 0.1) is 6.92 Å². The molecule has 0 saturated heterocycles. The summed E-state index contributed by atoms with van der Waals surface area (Å²) in [5.74, 6) is 0.824. The summed E-state index contributed by atoms with van der Waals surface area (Å²) in [4.78, 5) is 19.2. The molecule has 0 fully saturated rings. The lowest BCUT2D eigenvalue weighted by Gasteiger charge is -2.27. The zero-order valence-corrected chi connectivity index (χ0v) is 21.0. The van der Waals surface area contributed by atoms with E-state index in [1.807, 2.05) is 19.1 Å². The Kier molecular flexibility index (Phi) is 6.86. The van der Waals surface area contributed by atoms with Crippen molar-refractivity contribution >= 4 is 17.0 Å². The number of imidazole rings is 1. The summed E-state index contributed by atoms with van der Waals surface area (Å²) in [5.41, 5.74) is 5.41. The highest BCUT2D eigenvalue weighted by Gasteiger charge is 2.31. The van der Waals surface area contributed by atoms with E-state index >= 15 is 0 Å². The lowest BCUT2D eigenvalue weighted by molar-refractivity contribution is -0.0750. The summed E-state index contributed by atoms with van der Waals surface area (Å²) in [5, 5.41) is 20.9. The van der Waals surface area contributed by atoms with Gasteiger partial charge in [0.05, 0.1) is 43.0 Å². The average Bonchev–Trinajstić information content (AvgIpc) is 3.50. The Morgan fingerprint density at radius 3 is 2.30 bits per heavy atom. The van der Waals surface area contributed by atoms with Gasteiger partial charge in [0.25, 0.3) is 0 Å². The molecule has 8 nitrogen and oxygen atoms in total. The Hall–Kier alpha value is -3.88. The number of aromatic amines is 1. The van der Waals surface area contributed by atoms with Crippen molar-refractivity contribution in [2.24, 2.45) is 0 Å². The second-order valence-corrected chi connectivity index (χ2v) is 9.39. The molecular weight excluding hydrogens is 472 g/mol. The SMILES string of the molecule is COc1cc([C@@H](O)C(Cc2nc3cc(C(=O)O)ccc3[nH]2)OC2Cc3ccccc3C2)cc(OC)c1C. The number of fused-ring (bicyclic) bond motifs is 2. The van der Waals surface area contributed by atoms with Gasteiger partial charge in [-0.1, -0.05) is 24.3 Å². The first-order chi connectivity index (χ1) is 17.9. The molecule has 0 aliphatic heterocycles. The Labute approximate surface area is 214 Å². The number of carbonyl (C=O) groups is 1. The molecule has 1 heterocycles. The van der Waals surface area contributed by atoms with Gasteiger partial charge in [-0.15, -0.1) is 0 Å². The van der Waals surface area contributed by atoms with Crippen molar-refractivity contribution in [1.82, 2.24) is 9.97 Å². The standard InChI is InChI=1S/C29H30N2O6/c1-16-24(35-2)13-20(14-25(16)36-3)28(32)26(37-21-10-17-6-4-5-7-18(17)11-21)15-27-30-22-9-8-19(29(33)34)12-23(22)31-27/h4-9,12-14,21,26,28,32H,10-11,15H2,1-3H3,(H,30,31)(H,33,34)/t26?,28-/m1/s1. The molecular formula is C29H30N2O6. The number of nitrogens with zero attached hydrogens (tertiary/aromatic N) is 1. The third-order valence-corrected chi connectivity index (χ3v) is 7.02.